The summed E-state index contributed by atoms with van der Waals surface area (Å²) in [6, 6.07) is 2.34. The predicted octanol–water partition coefficient (Wildman–Crippen LogP) is 1.28. The van der Waals surface area contributed by atoms with E-state index in [1.807, 2.05) is 6.07 Å². The molecule has 2 rings (SSSR count). The molecule has 19 heavy (non-hydrogen) atoms. The lowest BCUT2D eigenvalue weighted by Gasteiger charge is -2.23. The molecule has 0 spiro atoms. The Labute approximate surface area is 114 Å². The smallest absolute Gasteiger partial charge is 0.183 e. The minimum absolute atomic E-state index is 0.513. The number of nitrogens with zero attached hydrogens (tertiary/aromatic N) is 2. The van der Waals surface area contributed by atoms with Gasteiger partial charge in [-0.3, -0.25) is 9.88 Å². The van der Waals surface area contributed by atoms with E-state index >= 15 is 0 Å². The second-order valence-corrected chi connectivity index (χ2v) is 4.94. The molecular formula is C14H23N3O2. The van der Waals surface area contributed by atoms with Crippen molar-refractivity contribution in [3.63, 3.8) is 0 Å². The fraction of sp³-hybridized carbons (Fsp3) is 0.643. The van der Waals surface area contributed by atoms with Crippen molar-refractivity contribution in [1.29, 1.82) is 0 Å². The molecule has 0 aromatic carbocycles. The van der Waals surface area contributed by atoms with Crippen LogP contribution in [0.25, 0.3) is 0 Å². The van der Waals surface area contributed by atoms with Gasteiger partial charge in [0.05, 0.1) is 14.2 Å². The van der Waals surface area contributed by atoms with Gasteiger partial charge in [0.25, 0.3) is 0 Å². The number of methoxy groups -OCH3 is 2. The number of pyridine rings is 1. The highest BCUT2D eigenvalue weighted by Gasteiger charge is 2.18. The van der Waals surface area contributed by atoms with Crippen LogP contribution >= 0.6 is 0 Å². The zero-order valence-corrected chi connectivity index (χ0v) is 12.0. The minimum Gasteiger partial charge on any atom is -0.493 e. The summed E-state index contributed by atoms with van der Waals surface area (Å²) in [5.41, 5.74) is 0.941. The Morgan fingerprint density at radius 1 is 1.42 bits per heavy atom. The lowest BCUT2D eigenvalue weighted by molar-refractivity contribution is 0.254. The maximum atomic E-state index is 5.44. The summed E-state index contributed by atoms with van der Waals surface area (Å²) < 4.78 is 10.8. The van der Waals surface area contributed by atoms with Crippen LogP contribution in [0.2, 0.25) is 0 Å². The number of rotatable bonds is 4. The van der Waals surface area contributed by atoms with Crippen LogP contribution in [0, 0.1) is 0 Å². The molecule has 1 aromatic heterocycles. The van der Waals surface area contributed by atoms with Crippen LogP contribution in [-0.2, 0) is 6.54 Å². The average Bonchev–Trinajstić information content (AvgIpc) is 2.62. The van der Waals surface area contributed by atoms with Crippen molar-refractivity contribution in [2.45, 2.75) is 25.9 Å². The lowest BCUT2D eigenvalue weighted by atomic mass is 10.2. The van der Waals surface area contributed by atoms with Crippen LogP contribution in [0.4, 0.5) is 0 Å². The number of nitrogens with one attached hydrogen (secondary N) is 1. The summed E-state index contributed by atoms with van der Waals surface area (Å²) in [4.78, 5) is 6.85. The van der Waals surface area contributed by atoms with Gasteiger partial charge in [-0.1, -0.05) is 0 Å². The molecule has 0 radical (unpaired) electrons. The molecule has 0 saturated carbocycles. The standard InChI is InChI=1S/C14H23N3O2/c1-11-9-17(8-4-6-15-11)10-12-14(19-3)13(18-2)5-7-16-12/h5,7,11,15H,4,6,8-10H2,1-3H3. The Bertz CT molecular complexity index is 412. The van der Waals surface area contributed by atoms with E-state index in [0.29, 0.717) is 6.04 Å². The fourth-order valence-electron chi connectivity index (χ4n) is 2.51. The molecule has 0 bridgehead atoms. The van der Waals surface area contributed by atoms with Gasteiger partial charge in [0.2, 0.25) is 0 Å². The highest BCUT2D eigenvalue weighted by atomic mass is 16.5. The monoisotopic (exact) mass is 265 g/mol. The molecule has 1 aliphatic rings. The van der Waals surface area contributed by atoms with Gasteiger partial charge >= 0.3 is 0 Å². The fourth-order valence-corrected chi connectivity index (χ4v) is 2.51. The van der Waals surface area contributed by atoms with Gasteiger partial charge in [0.1, 0.15) is 5.69 Å². The Balaban J connectivity index is 2.13. The molecule has 1 fully saturated rings. The molecule has 0 aliphatic carbocycles. The molecule has 1 aliphatic heterocycles. The lowest BCUT2D eigenvalue weighted by Crippen LogP contribution is -2.35. The molecule has 0 amide bonds. The van der Waals surface area contributed by atoms with Crippen LogP contribution in [-0.4, -0.2) is 49.8 Å². The van der Waals surface area contributed by atoms with E-state index in [0.717, 1.165) is 49.8 Å². The summed E-state index contributed by atoms with van der Waals surface area (Å²) in [6.07, 6.45) is 2.94. The highest BCUT2D eigenvalue weighted by molar-refractivity contribution is 5.42. The third-order valence-electron chi connectivity index (χ3n) is 3.42. The predicted molar refractivity (Wildman–Crippen MR) is 74.7 cm³/mol. The third kappa shape index (κ3) is 3.58. The molecule has 106 valence electrons. The van der Waals surface area contributed by atoms with E-state index in [9.17, 15) is 0 Å². The van der Waals surface area contributed by atoms with E-state index in [4.69, 9.17) is 9.47 Å². The molecule has 1 N–H and O–H groups in total. The maximum absolute atomic E-state index is 5.44. The quantitative estimate of drug-likeness (QED) is 0.888. The van der Waals surface area contributed by atoms with Crippen molar-refractivity contribution in [2.24, 2.45) is 0 Å². The molecule has 1 saturated heterocycles. The summed E-state index contributed by atoms with van der Waals surface area (Å²) in [7, 11) is 3.31. The van der Waals surface area contributed by atoms with Gasteiger partial charge in [-0.2, -0.15) is 0 Å². The van der Waals surface area contributed by atoms with Crippen LogP contribution in [0.5, 0.6) is 11.5 Å². The maximum Gasteiger partial charge on any atom is 0.183 e. The van der Waals surface area contributed by atoms with Crippen molar-refractivity contribution in [1.82, 2.24) is 15.2 Å². The summed E-state index contributed by atoms with van der Waals surface area (Å²) in [5.74, 6) is 1.49. The van der Waals surface area contributed by atoms with Crippen molar-refractivity contribution < 1.29 is 9.47 Å². The first kappa shape index (κ1) is 14.1. The first-order valence-corrected chi connectivity index (χ1v) is 6.76. The van der Waals surface area contributed by atoms with Gasteiger partial charge in [-0.15, -0.1) is 0 Å². The molecule has 5 nitrogen and oxygen atoms in total. The third-order valence-corrected chi connectivity index (χ3v) is 3.42. The van der Waals surface area contributed by atoms with Crippen molar-refractivity contribution in [2.75, 3.05) is 33.9 Å². The highest BCUT2D eigenvalue weighted by Crippen LogP contribution is 2.29. The second-order valence-electron chi connectivity index (χ2n) is 4.94. The average molecular weight is 265 g/mol. The number of hydrogen-bond donors (Lipinski definition) is 1. The zero-order valence-electron chi connectivity index (χ0n) is 12.0. The Morgan fingerprint density at radius 3 is 3.00 bits per heavy atom. The second kappa shape index (κ2) is 6.73. The molecule has 2 heterocycles. The van der Waals surface area contributed by atoms with Crippen LogP contribution < -0.4 is 14.8 Å². The first-order valence-electron chi connectivity index (χ1n) is 6.76. The van der Waals surface area contributed by atoms with Gasteiger partial charge < -0.3 is 14.8 Å². The van der Waals surface area contributed by atoms with Gasteiger partial charge in [0.15, 0.2) is 11.5 Å². The van der Waals surface area contributed by atoms with Crippen LogP contribution in [0.3, 0.4) is 0 Å². The SMILES string of the molecule is COc1ccnc(CN2CCCNC(C)C2)c1OC. The van der Waals surface area contributed by atoms with Crippen LogP contribution in [0.1, 0.15) is 19.0 Å². The molecule has 1 aromatic rings. The van der Waals surface area contributed by atoms with Crippen molar-refractivity contribution >= 4 is 0 Å². The van der Waals surface area contributed by atoms with Crippen molar-refractivity contribution in [3.8, 4) is 11.5 Å². The van der Waals surface area contributed by atoms with Gasteiger partial charge in [-0.25, -0.2) is 0 Å². The van der Waals surface area contributed by atoms with Gasteiger partial charge in [0, 0.05) is 31.4 Å². The zero-order chi connectivity index (χ0) is 13.7. The van der Waals surface area contributed by atoms with E-state index < -0.39 is 0 Å². The Morgan fingerprint density at radius 2 is 2.26 bits per heavy atom. The van der Waals surface area contributed by atoms with E-state index in [-0.39, 0.29) is 0 Å². The number of ether oxygens (including phenoxy) is 2. The number of hydrogen-bond acceptors (Lipinski definition) is 5. The van der Waals surface area contributed by atoms with E-state index in [1.165, 1.54) is 0 Å². The normalized spacial score (nSPS) is 20.9. The topological polar surface area (TPSA) is 46.6 Å². The largest absolute Gasteiger partial charge is 0.493 e. The Kier molecular flexibility index (Phi) is 4.99. The number of aromatic nitrogens is 1. The van der Waals surface area contributed by atoms with Gasteiger partial charge in [-0.05, 0) is 26.4 Å². The van der Waals surface area contributed by atoms with Crippen LogP contribution in [0.15, 0.2) is 12.3 Å². The summed E-state index contributed by atoms with van der Waals surface area (Å²) >= 11 is 0. The summed E-state index contributed by atoms with van der Waals surface area (Å²) in [5, 5.41) is 3.49. The summed E-state index contributed by atoms with van der Waals surface area (Å²) in [6.45, 7) is 6.21. The Hall–Kier alpha value is -1.33. The van der Waals surface area contributed by atoms with E-state index in [1.54, 1.807) is 20.4 Å². The van der Waals surface area contributed by atoms with E-state index in [2.05, 4.69) is 22.1 Å². The molecule has 1 atom stereocenters. The minimum atomic E-state index is 0.513. The molecule has 1 unspecified atom stereocenters. The first-order chi connectivity index (χ1) is 9.24. The molecule has 5 heteroatoms. The molecular weight excluding hydrogens is 242 g/mol. The van der Waals surface area contributed by atoms with Crippen molar-refractivity contribution in [3.05, 3.63) is 18.0 Å².